The van der Waals surface area contributed by atoms with E-state index in [1.54, 1.807) is 0 Å². The molecular weight excluding hydrogens is 196 g/mol. The Kier molecular flexibility index (Phi) is 5.28. The van der Waals surface area contributed by atoms with Crippen molar-refractivity contribution in [1.82, 2.24) is 9.80 Å². The fourth-order valence-electron chi connectivity index (χ4n) is 1.61. The van der Waals surface area contributed by atoms with Crippen molar-refractivity contribution in [3.05, 3.63) is 0 Å². The average Bonchev–Trinajstić information content (AvgIpc) is 2.00. The molecule has 1 amide bonds. The topological polar surface area (TPSA) is 60.9 Å². The average molecular weight is 216 g/mol. The van der Waals surface area contributed by atoms with Crippen molar-refractivity contribution in [2.45, 2.75) is 19.9 Å². The fourth-order valence-corrected chi connectivity index (χ4v) is 1.61. The zero-order valence-corrected chi connectivity index (χ0v) is 10.0. The van der Waals surface area contributed by atoms with Crippen molar-refractivity contribution < 1.29 is 14.7 Å². The van der Waals surface area contributed by atoms with Crippen LogP contribution >= 0.6 is 0 Å². The van der Waals surface area contributed by atoms with Crippen LogP contribution < -0.4 is 0 Å². The number of carbonyl (C=O) groups excluding carboxylic acids is 1. The first-order chi connectivity index (χ1) is 6.77. The summed E-state index contributed by atoms with van der Waals surface area (Å²) in [4.78, 5) is 25.4. The second-order valence-corrected chi connectivity index (χ2v) is 4.24. The number of amides is 1. The van der Waals surface area contributed by atoms with Crippen LogP contribution in [0, 0.1) is 5.92 Å². The highest BCUT2D eigenvalue weighted by Gasteiger charge is 2.27. The summed E-state index contributed by atoms with van der Waals surface area (Å²) in [5, 5.41) is 8.58. The molecule has 5 heteroatoms. The van der Waals surface area contributed by atoms with E-state index in [4.69, 9.17) is 5.11 Å². The van der Waals surface area contributed by atoms with Gasteiger partial charge in [0.1, 0.15) is 6.54 Å². The van der Waals surface area contributed by atoms with E-state index < -0.39 is 5.97 Å². The van der Waals surface area contributed by atoms with E-state index in [1.165, 1.54) is 11.9 Å². The molecule has 0 aromatic rings. The number of aliphatic carboxylic acids is 1. The molecule has 0 aromatic carbocycles. The maximum Gasteiger partial charge on any atom is 0.323 e. The van der Waals surface area contributed by atoms with Gasteiger partial charge >= 0.3 is 5.97 Å². The number of hydrogen-bond acceptors (Lipinski definition) is 3. The smallest absolute Gasteiger partial charge is 0.323 e. The number of likely N-dealkylation sites (N-methyl/N-ethyl adjacent to an activating group) is 2. The van der Waals surface area contributed by atoms with Gasteiger partial charge in [-0.15, -0.1) is 0 Å². The van der Waals surface area contributed by atoms with Crippen LogP contribution in [0.1, 0.15) is 13.8 Å². The van der Waals surface area contributed by atoms with Crippen molar-refractivity contribution in [2.24, 2.45) is 5.92 Å². The van der Waals surface area contributed by atoms with Gasteiger partial charge in [0, 0.05) is 7.05 Å². The van der Waals surface area contributed by atoms with Crippen molar-refractivity contribution >= 4 is 11.9 Å². The van der Waals surface area contributed by atoms with E-state index in [1.807, 2.05) is 32.8 Å². The van der Waals surface area contributed by atoms with Crippen molar-refractivity contribution in [2.75, 3.05) is 27.7 Å². The number of nitrogens with zero attached hydrogens (tertiary/aromatic N) is 2. The van der Waals surface area contributed by atoms with Gasteiger partial charge in [-0.1, -0.05) is 13.8 Å². The molecule has 0 aliphatic carbocycles. The standard InChI is InChI=1S/C10H20N2O3/c1-7(2)9(11(3)4)10(15)12(5)6-8(13)14/h7,9H,6H2,1-5H3,(H,13,14). The minimum absolute atomic E-state index is 0.155. The first-order valence-electron chi connectivity index (χ1n) is 4.90. The molecule has 1 N–H and O–H groups in total. The quantitative estimate of drug-likeness (QED) is 0.709. The highest BCUT2D eigenvalue weighted by molar-refractivity contribution is 5.85. The van der Waals surface area contributed by atoms with E-state index in [9.17, 15) is 9.59 Å². The lowest BCUT2D eigenvalue weighted by Gasteiger charge is -2.30. The molecule has 0 saturated heterocycles. The van der Waals surface area contributed by atoms with Gasteiger partial charge in [0.15, 0.2) is 0 Å². The zero-order valence-electron chi connectivity index (χ0n) is 10.0. The first-order valence-corrected chi connectivity index (χ1v) is 4.90. The third-order valence-corrected chi connectivity index (χ3v) is 2.19. The molecular formula is C10H20N2O3. The Labute approximate surface area is 90.7 Å². The molecule has 0 spiro atoms. The molecule has 0 radical (unpaired) electrons. The molecule has 0 heterocycles. The largest absolute Gasteiger partial charge is 0.480 e. The van der Waals surface area contributed by atoms with Gasteiger partial charge in [0.25, 0.3) is 0 Å². The van der Waals surface area contributed by atoms with Gasteiger partial charge in [0.05, 0.1) is 6.04 Å². The summed E-state index contributed by atoms with van der Waals surface area (Å²) in [5.74, 6) is -0.992. The van der Waals surface area contributed by atoms with Gasteiger partial charge in [-0.3, -0.25) is 14.5 Å². The highest BCUT2D eigenvalue weighted by Crippen LogP contribution is 2.10. The Morgan fingerprint density at radius 1 is 1.20 bits per heavy atom. The molecule has 0 fully saturated rings. The predicted octanol–water partition coefficient (Wildman–Crippen LogP) is 0.116. The number of carbonyl (C=O) groups is 2. The molecule has 0 rings (SSSR count). The predicted molar refractivity (Wildman–Crippen MR) is 57.6 cm³/mol. The van der Waals surface area contributed by atoms with Crippen LogP contribution in [0.25, 0.3) is 0 Å². The highest BCUT2D eigenvalue weighted by atomic mass is 16.4. The molecule has 88 valence electrons. The van der Waals surface area contributed by atoms with Crippen molar-refractivity contribution in [3.8, 4) is 0 Å². The van der Waals surface area contributed by atoms with E-state index in [2.05, 4.69) is 0 Å². The van der Waals surface area contributed by atoms with E-state index >= 15 is 0 Å². The summed E-state index contributed by atoms with van der Waals surface area (Å²) in [6, 6.07) is -0.269. The number of carboxylic acids is 1. The first kappa shape index (κ1) is 13.9. The second-order valence-electron chi connectivity index (χ2n) is 4.24. The molecule has 0 saturated carbocycles. The number of carboxylic acid groups (broad SMARTS) is 1. The number of hydrogen-bond donors (Lipinski definition) is 1. The lowest BCUT2D eigenvalue weighted by Crippen LogP contribution is -2.48. The van der Waals surface area contributed by atoms with Crippen LogP contribution in [0.2, 0.25) is 0 Å². The maximum atomic E-state index is 11.9. The SMILES string of the molecule is CC(C)C(C(=O)N(C)CC(=O)O)N(C)C. The molecule has 0 aliphatic heterocycles. The summed E-state index contributed by atoms with van der Waals surface area (Å²) >= 11 is 0. The molecule has 1 atom stereocenters. The maximum absolute atomic E-state index is 11.9. The zero-order chi connectivity index (χ0) is 12.2. The number of rotatable bonds is 5. The van der Waals surface area contributed by atoms with Crippen LogP contribution in [0.4, 0.5) is 0 Å². The van der Waals surface area contributed by atoms with Gasteiger partial charge in [-0.25, -0.2) is 0 Å². The summed E-state index contributed by atoms with van der Waals surface area (Å²) in [5.41, 5.74) is 0. The Balaban J connectivity index is 4.57. The third-order valence-electron chi connectivity index (χ3n) is 2.19. The summed E-state index contributed by atoms with van der Waals surface area (Å²) < 4.78 is 0. The van der Waals surface area contributed by atoms with Crippen molar-refractivity contribution in [1.29, 1.82) is 0 Å². The van der Waals surface area contributed by atoms with Crippen LogP contribution in [-0.2, 0) is 9.59 Å². The van der Waals surface area contributed by atoms with Crippen LogP contribution in [0.15, 0.2) is 0 Å². The monoisotopic (exact) mass is 216 g/mol. The van der Waals surface area contributed by atoms with E-state index in [0.717, 1.165) is 0 Å². The molecule has 0 aromatic heterocycles. The Morgan fingerprint density at radius 2 is 1.67 bits per heavy atom. The van der Waals surface area contributed by atoms with Gasteiger partial charge in [0.2, 0.25) is 5.91 Å². The van der Waals surface area contributed by atoms with Gasteiger partial charge < -0.3 is 10.0 Å². The molecule has 0 bridgehead atoms. The van der Waals surface area contributed by atoms with Gasteiger partial charge in [-0.05, 0) is 20.0 Å². The van der Waals surface area contributed by atoms with Crippen molar-refractivity contribution in [3.63, 3.8) is 0 Å². The summed E-state index contributed by atoms with van der Waals surface area (Å²) in [7, 11) is 5.14. The van der Waals surface area contributed by atoms with E-state index in [-0.39, 0.29) is 24.4 Å². The molecule has 1 unspecified atom stereocenters. The van der Waals surface area contributed by atoms with Crippen LogP contribution in [0.5, 0.6) is 0 Å². The minimum Gasteiger partial charge on any atom is -0.480 e. The molecule has 15 heavy (non-hydrogen) atoms. The third kappa shape index (κ3) is 4.29. The summed E-state index contributed by atoms with van der Waals surface area (Å²) in [6.45, 7) is 3.63. The lowest BCUT2D eigenvalue weighted by molar-refractivity contribution is -0.146. The Bertz CT molecular complexity index is 231. The molecule has 5 nitrogen and oxygen atoms in total. The lowest BCUT2D eigenvalue weighted by atomic mass is 10.0. The van der Waals surface area contributed by atoms with E-state index in [0.29, 0.717) is 0 Å². The summed E-state index contributed by atoms with van der Waals surface area (Å²) in [6.07, 6.45) is 0. The Morgan fingerprint density at radius 3 is 1.93 bits per heavy atom. The second kappa shape index (κ2) is 5.70. The minimum atomic E-state index is -0.993. The van der Waals surface area contributed by atoms with Crippen LogP contribution in [0.3, 0.4) is 0 Å². The fraction of sp³-hybridized carbons (Fsp3) is 0.800. The Hall–Kier alpha value is -1.10. The van der Waals surface area contributed by atoms with Gasteiger partial charge in [-0.2, -0.15) is 0 Å². The normalized spacial score (nSPS) is 13.0. The van der Waals surface area contributed by atoms with Crippen LogP contribution in [-0.4, -0.2) is 60.5 Å². The molecule has 0 aliphatic rings.